The highest BCUT2D eigenvalue weighted by Crippen LogP contribution is 2.44. The number of rotatable bonds is 6. The van der Waals surface area contributed by atoms with E-state index in [0.29, 0.717) is 31.5 Å². The first-order valence-electron chi connectivity index (χ1n) is 12.6. The molecule has 1 aliphatic heterocycles. The Labute approximate surface area is 210 Å². The highest BCUT2D eigenvalue weighted by molar-refractivity contribution is 6.01. The Morgan fingerprint density at radius 3 is 2.89 bits per heavy atom. The van der Waals surface area contributed by atoms with Gasteiger partial charge in [0.2, 0.25) is 5.91 Å². The highest BCUT2D eigenvalue weighted by atomic mass is 19.1. The van der Waals surface area contributed by atoms with E-state index in [1.807, 2.05) is 32.0 Å². The van der Waals surface area contributed by atoms with E-state index in [9.17, 15) is 9.90 Å². The summed E-state index contributed by atoms with van der Waals surface area (Å²) in [5.74, 6) is -0.263. The van der Waals surface area contributed by atoms with E-state index in [1.54, 1.807) is 11.0 Å². The van der Waals surface area contributed by atoms with Gasteiger partial charge in [-0.05, 0) is 79.8 Å². The number of ether oxygens (including phenoxy) is 1. The molecule has 0 unspecified atom stereocenters. The third-order valence-corrected chi connectivity index (χ3v) is 7.89. The van der Waals surface area contributed by atoms with Crippen LogP contribution in [-0.4, -0.2) is 39.8 Å². The number of hydrogen-bond acceptors (Lipinski definition) is 4. The third-order valence-electron chi connectivity index (χ3n) is 7.89. The van der Waals surface area contributed by atoms with E-state index in [4.69, 9.17) is 10.5 Å². The van der Waals surface area contributed by atoms with Crippen molar-refractivity contribution in [3.8, 4) is 11.1 Å². The van der Waals surface area contributed by atoms with Crippen LogP contribution in [0.3, 0.4) is 0 Å². The molecule has 0 saturated heterocycles. The summed E-state index contributed by atoms with van der Waals surface area (Å²) in [6.07, 6.45) is 4.29. The monoisotopic (exact) mass is 491 g/mol. The number of nitrogens with one attached hydrogen (secondary N) is 1. The molecule has 4 N–H and O–H groups in total. The zero-order valence-corrected chi connectivity index (χ0v) is 21.0. The number of benzene rings is 2. The predicted molar refractivity (Wildman–Crippen MR) is 139 cm³/mol. The molecule has 1 atom stereocenters. The Kier molecular flexibility index (Phi) is 6.49. The van der Waals surface area contributed by atoms with Crippen LogP contribution in [0, 0.1) is 11.7 Å². The highest BCUT2D eigenvalue weighted by Gasteiger charge is 2.34. The summed E-state index contributed by atoms with van der Waals surface area (Å²) in [6.45, 7) is 8.64. The Morgan fingerprint density at radius 1 is 1.36 bits per heavy atom. The van der Waals surface area contributed by atoms with Gasteiger partial charge in [0, 0.05) is 35.3 Å². The van der Waals surface area contributed by atoms with Gasteiger partial charge in [0.05, 0.1) is 24.5 Å². The minimum absolute atomic E-state index is 0.0538. The number of fused-ring (bicyclic) bond motifs is 4. The molecule has 1 aromatic heterocycles. The molecule has 0 fully saturated rings. The fraction of sp³-hybridized carbons (Fsp3) is 0.414. The minimum atomic E-state index is -0.790. The number of carbonyl (C=O) groups excluding carboxylic acids is 1. The summed E-state index contributed by atoms with van der Waals surface area (Å²) in [5.41, 5.74) is 12.1. The number of carbonyl (C=O) groups is 1. The summed E-state index contributed by atoms with van der Waals surface area (Å²) in [7, 11) is 0. The molecule has 2 heterocycles. The third kappa shape index (κ3) is 4.25. The molecular formula is C29H34FN3O3. The van der Waals surface area contributed by atoms with Crippen molar-refractivity contribution in [1.29, 1.82) is 0 Å². The molecule has 1 aliphatic carbocycles. The van der Waals surface area contributed by atoms with Crippen LogP contribution in [0.4, 0.5) is 4.39 Å². The smallest absolute Gasteiger partial charge is 0.246 e. The predicted octanol–water partition coefficient (Wildman–Crippen LogP) is 4.35. The molecule has 0 spiro atoms. The molecule has 0 saturated carbocycles. The van der Waals surface area contributed by atoms with Gasteiger partial charge in [-0.3, -0.25) is 4.79 Å². The number of aryl methyl sites for hydroxylation is 1. The van der Waals surface area contributed by atoms with Crippen LogP contribution < -0.4 is 5.73 Å². The molecular weight excluding hydrogens is 457 g/mol. The first kappa shape index (κ1) is 24.7. The van der Waals surface area contributed by atoms with E-state index in [1.165, 1.54) is 6.08 Å². The molecule has 5 rings (SSSR count). The molecule has 0 bridgehead atoms. The van der Waals surface area contributed by atoms with Crippen LogP contribution in [0.5, 0.6) is 0 Å². The van der Waals surface area contributed by atoms with E-state index in [0.717, 1.165) is 57.3 Å². The maximum Gasteiger partial charge on any atom is 0.246 e. The van der Waals surface area contributed by atoms with Gasteiger partial charge in [-0.2, -0.15) is 0 Å². The van der Waals surface area contributed by atoms with Crippen LogP contribution in [0.2, 0.25) is 0 Å². The lowest BCUT2D eigenvalue weighted by molar-refractivity contribution is -0.126. The average molecular weight is 492 g/mol. The lowest BCUT2D eigenvalue weighted by Crippen LogP contribution is -2.35. The SMILES string of the molecule is C=CC(=O)N1CCc2c(cccc2-c2c(F)cc(COCN)c3[nH]c4c(c23)CC[C@H](C(C)(C)O)C4)C1. The van der Waals surface area contributed by atoms with Crippen LogP contribution in [0.15, 0.2) is 36.9 Å². The second kappa shape index (κ2) is 9.47. The number of aromatic nitrogens is 1. The number of aliphatic hydroxyl groups is 1. The van der Waals surface area contributed by atoms with E-state index >= 15 is 4.39 Å². The Bertz CT molecular complexity index is 1340. The molecule has 6 nitrogen and oxygen atoms in total. The van der Waals surface area contributed by atoms with Crippen molar-refractivity contribution >= 4 is 16.8 Å². The van der Waals surface area contributed by atoms with Gasteiger partial charge in [0.1, 0.15) is 5.82 Å². The van der Waals surface area contributed by atoms with E-state index < -0.39 is 5.60 Å². The normalized spacial score (nSPS) is 17.7. The molecule has 0 radical (unpaired) electrons. The number of H-pyrrole nitrogens is 1. The van der Waals surface area contributed by atoms with Crippen LogP contribution in [0.25, 0.3) is 22.0 Å². The second-order valence-corrected chi connectivity index (χ2v) is 10.5. The number of hydrogen-bond donors (Lipinski definition) is 3. The molecule has 7 heteroatoms. The lowest BCUT2D eigenvalue weighted by atomic mass is 9.77. The fourth-order valence-electron chi connectivity index (χ4n) is 5.95. The lowest BCUT2D eigenvalue weighted by Gasteiger charge is -2.32. The van der Waals surface area contributed by atoms with Gasteiger partial charge in [-0.25, -0.2) is 4.39 Å². The van der Waals surface area contributed by atoms with Gasteiger partial charge >= 0.3 is 0 Å². The number of amides is 1. The number of nitrogens with two attached hydrogens (primary N) is 1. The van der Waals surface area contributed by atoms with Crippen LogP contribution in [-0.2, 0) is 41.9 Å². The summed E-state index contributed by atoms with van der Waals surface area (Å²) in [4.78, 5) is 17.6. The Balaban J connectivity index is 1.69. The van der Waals surface area contributed by atoms with Gasteiger partial charge in [0.25, 0.3) is 0 Å². The van der Waals surface area contributed by atoms with Crippen molar-refractivity contribution in [3.05, 3.63) is 70.7 Å². The van der Waals surface area contributed by atoms with E-state index in [-0.39, 0.29) is 31.0 Å². The van der Waals surface area contributed by atoms with Gasteiger partial charge < -0.3 is 25.5 Å². The van der Waals surface area contributed by atoms with Crippen molar-refractivity contribution in [1.82, 2.24) is 9.88 Å². The molecule has 2 aliphatic rings. The van der Waals surface area contributed by atoms with Crippen molar-refractivity contribution in [2.75, 3.05) is 13.3 Å². The largest absolute Gasteiger partial charge is 0.390 e. The zero-order valence-electron chi connectivity index (χ0n) is 21.0. The summed E-state index contributed by atoms with van der Waals surface area (Å²) < 4.78 is 21.5. The number of aromatic amines is 1. The quantitative estimate of drug-likeness (QED) is 0.353. The first-order chi connectivity index (χ1) is 17.2. The van der Waals surface area contributed by atoms with Crippen molar-refractivity contribution in [2.45, 2.75) is 58.3 Å². The maximum atomic E-state index is 16.0. The summed E-state index contributed by atoms with van der Waals surface area (Å²) in [5, 5.41) is 11.6. The standard InChI is InChI=1S/C29H34FN3O3/c1-4-25(34)33-11-10-20-17(14-33)6-5-7-21(20)26-23(30)12-18(15-36-16-31)28-27(26)22-9-8-19(29(2,3)35)13-24(22)32-28/h4-7,12,19,32,35H,1,8-11,13-16,31H2,2-3H3/t19-/m0/s1. The fourth-order valence-corrected chi connectivity index (χ4v) is 5.95. The van der Waals surface area contributed by atoms with Gasteiger partial charge in [0.15, 0.2) is 0 Å². The topological polar surface area (TPSA) is 91.6 Å². The van der Waals surface area contributed by atoms with Crippen molar-refractivity contribution < 1.29 is 19.0 Å². The van der Waals surface area contributed by atoms with Gasteiger partial charge in [-0.1, -0.05) is 24.8 Å². The Morgan fingerprint density at radius 2 is 2.17 bits per heavy atom. The molecule has 2 aromatic carbocycles. The molecule has 36 heavy (non-hydrogen) atoms. The first-order valence-corrected chi connectivity index (χ1v) is 12.6. The minimum Gasteiger partial charge on any atom is -0.390 e. The molecule has 1 amide bonds. The summed E-state index contributed by atoms with van der Waals surface area (Å²) >= 11 is 0. The van der Waals surface area contributed by atoms with Crippen molar-refractivity contribution in [2.24, 2.45) is 11.7 Å². The average Bonchev–Trinajstić information content (AvgIpc) is 3.24. The Hall–Kier alpha value is -3.00. The number of nitrogens with zero attached hydrogens (tertiary/aromatic N) is 1. The van der Waals surface area contributed by atoms with Gasteiger partial charge in [-0.15, -0.1) is 0 Å². The summed E-state index contributed by atoms with van der Waals surface area (Å²) in [6, 6.07) is 7.49. The maximum absolute atomic E-state index is 16.0. The van der Waals surface area contributed by atoms with Crippen molar-refractivity contribution in [3.63, 3.8) is 0 Å². The zero-order chi connectivity index (χ0) is 25.6. The van der Waals surface area contributed by atoms with Crippen LogP contribution in [0.1, 0.15) is 48.2 Å². The van der Waals surface area contributed by atoms with E-state index in [2.05, 4.69) is 11.6 Å². The van der Waals surface area contributed by atoms with Crippen LogP contribution >= 0.6 is 0 Å². The number of halogens is 1. The molecule has 190 valence electrons. The molecule has 3 aromatic rings. The second-order valence-electron chi connectivity index (χ2n) is 10.5.